The number of fused-ring (bicyclic) bond motifs is 2. The molecule has 0 radical (unpaired) electrons. The van der Waals surface area contributed by atoms with Gasteiger partial charge in [0.2, 0.25) is 0 Å². The Morgan fingerprint density at radius 3 is 2.96 bits per heavy atom. The van der Waals surface area contributed by atoms with Gasteiger partial charge in [-0.3, -0.25) is 4.90 Å². The van der Waals surface area contributed by atoms with Crippen molar-refractivity contribution in [2.75, 3.05) is 13.2 Å². The van der Waals surface area contributed by atoms with Crippen LogP contribution in [0.1, 0.15) is 22.5 Å². The average molecular weight is 350 g/mol. The first kappa shape index (κ1) is 15.6. The van der Waals surface area contributed by atoms with Crippen molar-refractivity contribution in [2.45, 2.75) is 25.9 Å². The van der Waals surface area contributed by atoms with Crippen LogP contribution in [0.4, 0.5) is 4.39 Å². The summed E-state index contributed by atoms with van der Waals surface area (Å²) in [7, 11) is 0. The third-order valence-electron chi connectivity index (χ3n) is 5.20. The van der Waals surface area contributed by atoms with Crippen LogP contribution < -0.4 is 4.74 Å². The molecule has 2 aliphatic heterocycles. The summed E-state index contributed by atoms with van der Waals surface area (Å²) < 4.78 is 25.3. The molecule has 3 aromatic rings. The molecule has 4 nitrogen and oxygen atoms in total. The highest BCUT2D eigenvalue weighted by Gasteiger charge is 2.26. The van der Waals surface area contributed by atoms with E-state index in [1.165, 1.54) is 17.2 Å². The van der Waals surface area contributed by atoms with Gasteiger partial charge in [0.1, 0.15) is 23.0 Å². The van der Waals surface area contributed by atoms with Crippen LogP contribution in [0.5, 0.6) is 5.75 Å². The van der Waals surface area contributed by atoms with E-state index in [1.54, 1.807) is 12.1 Å². The molecule has 0 saturated heterocycles. The van der Waals surface area contributed by atoms with Gasteiger partial charge in [0, 0.05) is 43.6 Å². The first-order valence-corrected chi connectivity index (χ1v) is 8.97. The lowest BCUT2D eigenvalue weighted by Crippen LogP contribution is -2.29. The Bertz CT molecular complexity index is 966. The van der Waals surface area contributed by atoms with E-state index in [4.69, 9.17) is 9.26 Å². The average Bonchev–Trinajstić information content (AvgIpc) is 3.28. The topological polar surface area (TPSA) is 38.5 Å². The highest BCUT2D eigenvalue weighted by atomic mass is 19.1. The van der Waals surface area contributed by atoms with E-state index in [2.05, 4.69) is 28.3 Å². The largest absolute Gasteiger partial charge is 0.493 e. The highest BCUT2D eigenvalue weighted by molar-refractivity contribution is 5.64. The van der Waals surface area contributed by atoms with Crippen LogP contribution in [-0.2, 0) is 25.9 Å². The van der Waals surface area contributed by atoms with Gasteiger partial charge in [-0.05, 0) is 29.3 Å². The van der Waals surface area contributed by atoms with Gasteiger partial charge in [0.05, 0.1) is 6.61 Å². The van der Waals surface area contributed by atoms with Gasteiger partial charge in [-0.1, -0.05) is 29.4 Å². The lowest BCUT2D eigenvalue weighted by Gasteiger charge is -2.26. The van der Waals surface area contributed by atoms with Crippen molar-refractivity contribution < 1.29 is 13.7 Å². The zero-order valence-electron chi connectivity index (χ0n) is 14.4. The molecule has 0 spiro atoms. The molecule has 0 N–H and O–H groups in total. The Morgan fingerprint density at radius 2 is 2.04 bits per heavy atom. The SMILES string of the molecule is Fc1ccccc1-c1noc2c1CN(Cc1ccc3c(c1)CCO3)CC2. The first-order chi connectivity index (χ1) is 12.8. The van der Waals surface area contributed by atoms with Crippen LogP contribution in [0.3, 0.4) is 0 Å². The summed E-state index contributed by atoms with van der Waals surface area (Å²) in [6.07, 6.45) is 1.78. The zero-order valence-corrected chi connectivity index (χ0v) is 14.4. The summed E-state index contributed by atoms with van der Waals surface area (Å²) in [5, 5.41) is 4.16. The zero-order chi connectivity index (χ0) is 17.5. The molecule has 2 aliphatic rings. The van der Waals surface area contributed by atoms with E-state index in [1.807, 2.05) is 6.07 Å². The van der Waals surface area contributed by atoms with Gasteiger partial charge in [-0.25, -0.2) is 4.39 Å². The second-order valence-electron chi connectivity index (χ2n) is 6.91. The quantitative estimate of drug-likeness (QED) is 0.716. The van der Waals surface area contributed by atoms with Crippen molar-refractivity contribution in [2.24, 2.45) is 0 Å². The maximum absolute atomic E-state index is 14.2. The number of nitrogens with zero attached hydrogens (tertiary/aromatic N) is 2. The van der Waals surface area contributed by atoms with Gasteiger partial charge >= 0.3 is 0 Å². The van der Waals surface area contributed by atoms with E-state index in [0.29, 0.717) is 11.3 Å². The Hall–Kier alpha value is -2.66. The van der Waals surface area contributed by atoms with Gasteiger partial charge in [-0.2, -0.15) is 0 Å². The molecular weight excluding hydrogens is 331 g/mol. The molecule has 1 aromatic heterocycles. The lowest BCUT2D eigenvalue weighted by atomic mass is 10.0. The minimum absolute atomic E-state index is 0.264. The number of ether oxygens (including phenoxy) is 1. The van der Waals surface area contributed by atoms with Crippen molar-refractivity contribution in [1.82, 2.24) is 10.1 Å². The molecule has 0 atom stereocenters. The minimum atomic E-state index is -0.264. The maximum Gasteiger partial charge on any atom is 0.143 e. The number of benzene rings is 2. The third-order valence-corrected chi connectivity index (χ3v) is 5.20. The van der Waals surface area contributed by atoms with Crippen molar-refractivity contribution in [3.63, 3.8) is 0 Å². The molecule has 26 heavy (non-hydrogen) atoms. The summed E-state index contributed by atoms with van der Waals surface area (Å²) in [4.78, 5) is 2.36. The molecule has 0 unspecified atom stereocenters. The smallest absolute Gasteiger partial charge is 0.143 e. The molecule has 0 amide bonds. The Morgan fingerprint density at radius 1 is 1.12 bits per heavy atom. The third kappa shape index (κ3) is 2.69. The van der Waals surface area contributed by atoms with E-state index in [0.717, 1.165) is 56.2 Å². The van der Waals surface area contributed by atoms with Crippen molar-refractivity contribution in [3.8, 4) is 17.0 Å². The van der Waals surface area contributed by atoms with Crippen molar-refractivity contribution >= 4 is 0 Å². The maximum atomic E-state index is 14.2. The van der Waals surface area contributed by atoms with Gasteiger partial charge in [-0.15, -0.1) is 0 Å². The standard InChI is InChI=1S/C21H19FN2O2/c22-18-4-2-1-3-16(18)21-17-13-24(9-7-20(17)26-23-21)12-14-5-6-19-15(11-14)8-10-25-19/h1-6,11H,7-10,12-13H2. The highest BCUT2D eigenvalue weighted by Crippen LogP contribution is 2.32. The number of hydrogen-bond donors (Lipinski definition) is 0. The van der Waals surface area contributed by atoms with Crippen LogP contribution in [0.25, 0.3) is 11.3 Å². The van der Waals surface area contributed by atoms with Crippen LogP contribution in [0, 0.1) is 5.82 Å². The second kappa shape index (κ2) is 6.25. The molecular formula is C21H19FN2O2. The molecule has 5 heteroatoms. The fraction of sp³-hybridized carbons (Fsp3) is 0.286. The predicted molar refractivity (Wildman–Crippen MR) is 95.4 cm³/mol. The van der Waals surface area contributed by atoms with Crippen LogP contribution in [0.2, 0.25) is 0 Å². The molecule has 0 bridgehead atoms. The molecule has 0 aliphatic carbocycles. The fourth-order valence-corrected chi connectivity index (χ4v) is 3.86. The number of halogens is 1. The van der Waals surface area contributed by atoms with E-state index in [-0.39, 0.29) is 5.82 Å². The summed E-state index contributed by atoms with van der Waals surface area (Å²) in [6.45, 7) is 3.26. The lowest BCUT2D eigenvalue weighted by molar-refractivity contribution is 0.228. The van der Waals surface area contributed by atoms with E-state index < -0.39 is 0 Å². The second-order valence-corrected chi connectivity index (χ2v) is 6.91. The fourth-order valence-electron chi connectivity index (χ4n) is 3.86. The molecule has 2 aromatic carbocycles. The Balaban J connectivity index is 1.40. The van der Waals surface area contributed by atoms with E-state index in [9.17, 15) is 4.39 Å². The molecule has 132 valence electrons. The number of rotatable bonds is 3. The van der Waals surface area contributed by atoms with Gasteiger partial charge in [0.25, 0.3) is 0 Å². The van der Waals surface area contributed by atoms with Crippen LogP contribution >= 0.6 is 0 Å². The molecule has 0 saturated carbocycles. The summed E-state index contributed by atoms with van der Waals surface area (Å²) >= 11 is 0. The Kier molecular flexibility index (Phi) is 3.75. The van der Waals surface area contributed by atoms with Crippen LogP contribution in [0.15, 0.2) is 47.0 Å². The summed E-state index contributed by atoms with van der Waals surface area (Å²) in [5.74, 6) is 1.62. The number of hydrogen-bond acceptors (Lipinski definition) is 4. The predicted octanol–water partition coefficient (Wildman–Crippen LogP) is 3.97. The monoisotopic (exact) mass is 350 g/mol. The summed E-state index contributed by atoms with van der Waals surface area (Å²) in [6, 6.07) is 13.2. The molecule has 5 rings (SSSR count). The molecule has 3 heterocycles. The van der Waals surface area contributed by atoms with Crippen molar-refractivity contribution in [3.05, 3.63) is 70.7 Å². The normalized spacial score (nSPS) is 16.2. The number of aromatic nitrogens is 1. The minimum Gasteiger partial charge on any atom is -0.493 e. The first-order valence-electron chi connectivity index (χ1n) is 8.97. The molecule has 0 fully saturated rings. The van der Waals surface area contributed by atoms with Gasteiger partial charge < -0.3 is 9.26 Å². The van der Waals surface area contributed by atoms with Crippen LogP contribution in [-0.4, -0.2) is 23.2 Å². The van der Waals surface area contributed by atoms with Crippen molar-refractivity contribution in [1.29, 1.82) is 0 Å². The van der Waals surface area contributed by atoms with Gasteiger partial charge in [0.15, 0.2) is 0 Å². The Labute approximate surface area is 151 Å². The van der Waals surface area contributed by atoms with E-state index >= 15 is 0 Å². The summed E-state index contributed by atoms with van der Waals surface area (Å²) in [5.41, 5.74) is 4.71.